The molecule has 4 aliphatic carbocycles. The number of thioether (sulfide) groups is 1. The van der Waals surface area contributed by atoms with Gasteiger partial charge in [0.05, 0.1) is 11.9 Å². The van der Waals surface area contributed by atoms with Gasteiger partial charge >= 0.3 is 0 Å². The van der Waals surface area contributed by atoms with Crippen molar-refractivity contribution in [3.05, 3.63) is 58.7 Å². The maximum absolute atomic E-state index is 17.5. The van der Waals surface area contributed by atoms with Crippen molar-refractivity contribution in [3.63, 3.8) is 0 Å². The van der Waals surface area contributed by atoms with Crippen molar-refractivity contribution in [2.24, 2.45) is 28.6 Å². The van der Waals surface area contributed by atoms with Gasteiger partial charge in [-0.15, -0.1) is 0 Å². The van der Waals surface area contributed by atoms with Crippen LogP contribution in [0.25, 0.3) is 0 Å². The molecule has 0 amide bonds. The first-order valence-electron chi connectivity index (χ1n) is 13.6. The van der Waals surface area contributed by atoms with E-state index in [4.69, 9.17) is 16.4 Å². The third kappa shape index (κ3) is 3.60. The number of aliphatic hydroxyl groups is 1. The van der Waals surface area contributed by atoms with E-state index >= 15 is 8.78 Å². The molecule has 1 N–H and O–H groups in total. The molecular weight excluding hydrogens is 544 g/mol. The maximum atomic E-state index is 17.5. The molecule has 39 heavy (non-hydrogen) atoms. The zero-order valence-electron chi connectivity index (χ0n) is 22.3. The van der Waals surface area contributed by atoms with Gasteiger partial charge in [-0.05, 0) is 73.8 Å². The number of ketones is 2. The molecule has 210 valence electrons. The first kappa shape index (κ1) is 27.6. The summed E-state index contributed by atoms with van der Waals surface area (Å²) in [4.78, 5) is 32.8. The van der Waals surface area contributed by atoms with Crippen molar-refractivity contribution in [2.75, 3.05) is 18.6 Å². The largest absolute Gasteiger partial charge is 0.390 e. The maximum Gasteiger partial charge on any atom is 0.178 e. The number of alkyl halides is 2. The van der Waals surface area contributed by atoms with Crippen molar-refractivity contribution in [3.8, 4) is 0 Å². The molecule has 6 rings (SSSR count). The SMILES string of the molecule is CSCC(=O)[C@@]12ON(Cc3ccc(Cl)cc3)C[C@@H]1C[C@H]1[C@@H]3C[C@H](F)C4=CC(=O)C=C[C@]4(C)[C@@]3(F)[C@@H](O)C[C@@]12C. The Morgan fingerprint density at radius 3 is 2.64 bits per heavy atom. The summed E-state index contributed by atoms with van der Waals surface area (Å²) in [5.41, 5.74) is -4.67. The molecule has 5 nitrogen and oxygen atoms in total. The number of carbonyl (C=O) groups excluding carboxylic acids is 2. The summed E-state index contributed by atoms with van der Waals surface area (Å²) in [5, 5.41) is 14.1. The first-order chi connectivity index (χ1) is 18.4. The average Bonchev–Trinajstić information content (AvgIpc) is 3.36. The second kappa shape index (κ2) is 9.21. The first-order valence-corrected chi connectivity index (χ1v) is 15.3. The van der Waals surface area contributed by atoms with Crippen molar-refractivity contribution in [1.82, 2.24) is 5.06 Å². The standard InChI is InChI=1S/C30H34ClF2NO4S/c1-27-9-8-20(35)11-23(27)24(32)12-22-21-10-18-15-34(14-17-4-6-19(31)7-5-17)38-30(18,26(37)16-39-3)28(21,2)13-25(36)29(22,27)33/h4-9,11,18,21-22,24-25,36H,10,12-16H2,1-3H3/t18-,21-,22-,24-,25-,27-,28-,29-,30-/m0/s1. The number of nitrogens with zero attached hydrogens (tertiary/aromatic N) is 1. The number of carbonyl (C=O) groups is 2. The molecule has 5 aliphatic rings. The predicted molar refractivity (Wildman–Crippen MR) is 147 cm³/mol. The summed E-state index contributed by atoms with van der Waals surface area (Å²) in [6.45, 7) is 4.47. The van der Waals surface area contributed by atoms with Gasteiger partial charge in [-0.25, -0.2) is 8.78 Å². The highest BCUT2D eigenvalue weighted by Crippen LogP contribution is 2.72. The molecule has 0 aromatic heterocycles. The van der Waals surface area contributed by atoms with Crippen molar-refractivity contribution in [1.29, 1.82) is 0 Å². The molecule has 0 bridgehead atoms. The number of Topliss-reactive ketones (excluding diaryl/α,β-unsaturated/α-hetero) is 1. The Bertz CT molecular complexity index is 1270. The van der Waals surface area contributed by atoms with Crippen molar-refractivity contribution < 1.29 is 28.3 Å². The predicted octanol–water partition coefficient (Wildman–Crippen LogP) is 5.30. The Hall–Kier alpha value is -1.58. The third-order valence-electron chi connectivity index (χ3n) is 10.6. The number of benzene rings is 1. The summed E-state index contributed by atoms with van der Waals surface area (Å²) in [6.07, 6.45) is 3.20. The molecule has 9 heteroatoms. The van der Waals surface area contributed by atoms with E-state index in [1.807, 2.05) is 42.5 Å². The van der Waals surface area contributed by atoms with Crippen LogP contribution in [0.1, 0.15) is 38.7 Å². The second-order valence-electron chi connectivity index (χ2n) is 12.4. The number of hydroxylamine groups is 2. The lowest BCUT2D eigenvalue weighted by molar-refractivity contribution is -0.268. The van der Waals surface area contributed by atoms with Crippen LogP contribution in [0.15, 0.2) is 48.1 Å². The van der Waals surface area contributed by atoms with E-state index < -0.39 is 40.3 Å². The molecule has 1 heterocycles. The minimum Gasteiger partial charge on any atom is -0.390 e. The molecule has 1 aliphatic heterocycles. The summed E-state index contributed by atoms with van der Waals surface area (Å²) in [6, 6.07) is 7.45. The minimum absolute atomic E-state index is 0.0116. The molecule has 9 atom stereocenters. The topological polar surface area (TPSA) is 66.8 Å². The van der Waals surface area contributed by atoms with Crippen LogP contribution in [-0.2, 0) is 21.0 Å². The second-order valence-corrected chi connectivity index (χ2v) is 13.7. The Balaban J connectivity index is 1.40. The minimum atomic E-state index is -2.17. The lowest BCUT2D eigenvalue weighted by atomic mass is 9.44. The van der Waals surface area contributed by atoms with E-state index in [2.05, 4.69) is 0 Å². The molecular formula is C30H34ClF2NO4S. The fourth-order valence-electron chi connectivity index (χ4n) is 8.95. The van der Waals surface area contributed by atoms with E-state index in [1.165, 1.54) is 30.0 Å². The van der Waals surface area contributed by atoms with Crippen LogP contribution in [0, 0.1) is 28.6 Å². The van der Waals surface area contributed by atoms with Gasteiger partial charge in [-0.2, -0.15) is 16.8 Å². The van der Waals surface area contributed by atoms with E-state index in [-0.39, 0.29) is 47.6 Å². The number of halogens is 3. The number of rotatable bonds is 5. The van der Waals surface area contributed by atoms with Gasteiger partial charge in [-0.1, -0.05) is 36.7 Å². The van der Waals surface area contributed by atoms with Gasteiger partial charge in [0.15, 0.2) is 22.8 Å². The van der Waals surface area contributed by atoms with Gasteiger partial charge < -0.3 is 5.11 Å². The zero-order chi connectivity index (χ0) is 28.0. The fraction of sp³-hybridized carbons (Fsp3) is 0.600. The summed E-state index contributed by atoms with van der Waals surface area (Å²) in [7, 11) is 0. The monoisotopic (exact) mass is 577 g/mol. The molecule has 0 unspecified atom stereocenters. The van der Waals surface area contributed by atoms with Crippen LogP contribution in [0.5, 0.6) is 0 Å². The zero-order valence-corrected chi connectivity index (χ0v) is 23.9. The number of aliphatic hydroxyl groups excluding tert-OH is 1. The third-order valence-corrected chi connectivity index (χ3v) is 11.4. The Kier molecular flexibility index (Phi) is 6.52. The highest BCUT2D eigenvalue weighted by atomic mass is 35.5. The van der Waals surface area contributed by atoms with Gasteiger partial charge in [0.2, 0.25) is 0 Å². The molecule has 0 spiro atoms. The summed E-state index contributed by atoms with van der Waals surface area (Å²) in [5.74, 6) is -1.63. The molecule has 0 radical (unpaired) electrons. The molecule has 3 saturated carbocycles. The Morgan fingerprint density at radius 2 is 1.95 bits per heavy atom. The number of allylic oxidation sites excluding steroid dienone is 4. The van der Waals surface area contributed by atoms with Crippen molar-refractivity contribution in [2.45, 2.75) is 63.2 Å². The smallest absolute Gasteiger partial charge is 0.178 e. The molecule has 4 fully saturated rings. The lowest BCUT2D eigenvalue weighted by Gasteiger charge is -2.63. The Labute approximate surface area is 236 Å². The van der Waals surface area contributed by atoms with Crippen molar-refractivity contribution >= 4 is 34.9 Å². The van der Waals surface area contributed by atoms with Crippen LogP contribution in [0.2, 0.25) is 5.02 Å². The summed E-state index contributed by atoms with van der Waals surface area (Å²) >= 11 is 7.47. The van der Waals surface area contributed by atoms with E-state index in [9.17, 15) is 14.7 Å². The van der Waals surface area contributed by atoms with Crippen LogP contribution < -0.4 is 0 Å². The van der Waals surface area contributed by atoms with E-state index in [0.29, 0.717) is 24.5 Å². The van der Waals surface area contributed by atoms with Gasteiger partial charge in [-0.3, -0.25) is 14.4 Å². The van der Waals surface area contributed by atoms with Gasteiger partial charge in [0, 0.05) is 40.8 Å². The molecule has 1 aromatic carbocycles. The van der Waals surface area contributed by atoms with Crippen LogP contribution >= 0.6 is 23.4 Å². The van der Waals surface area contributed by atoms with Gasteiger partial charge in [0.25, 0.3) is 0 Å². The molecule has 1 saturated heterocycles. The number of fused-ring (bicyclic) bond motifs is 7. The van der Waals surface area contributed by atoms with Crippen LogP contribution in [-0.4, -0.2) is 63.8 Å². The Morgan fingerprint density at radius 1 is 1.23 bits per heavy atom. The van der Waals surface area contributed by atoms with Crippen LogP contribution in [0.3, 0.4) is 0 Å². The average molecular weight is 578 g/mol. The lowest BCUT2D eigenvalue weighted by Crippen LogP contribution is -2.70. The van der Waals surface area contributed by atoms with E-state index in [0.717, 1.165) is 5.56 Å². The number of hydrogen-bond acceptors (Lipinski definition) is 6. The summed E-state index contributed by atoms with van der Waals surface area (Å²) < 4.78 is 33.3. The highest BCUT2D eigenvalue weighted by molar-refractivity contribution is 7.99. The fourth-order valence-corrected chi connectivity index (χ4v) is 9.55. The van der Waals surface area contributed by atoms with E-state index in [1.54, 1.807) is 6.92 Å². The quantitative estimate of drug-likeness (QED) is 0.512. The normalized spacial score (nSPS) is 44.8. The van der Waals surface area contributed by atoms with Crippen LogP contribution in [0.4, 0.5) is 8.78 Å². The highest BCUT2D eigenvalue weighted by Gasteiger charge is 2.79. The molecule has 1 aromatic rings. The number of hydrogen-bond donors (Lipinski definition) is 1. The van der Waals surface area contributed by atoms with Gasteiger partial charge in [0.1, 0.15) is 6.17 Å².